The third-order valence-electron chi connectivity index (χ3n) is 6.51. The van der Waals surface area contributed by atoms with Gasteiger partial charge in [0.2, 0.25) is 0 Å². The Kier molecular flexibility index (Phi) is 3.23. The van der Waals surface area contributed by atoms with Crippen LogP contribution in [0.3, 0.4) is 0 Å². The van der Waals surface area contributed by atoms with E-state index >= 15 is 0 Å². The van der Waals surface area contributed by atoms with Crippen LogP contribution in [0.4, 0.5) is 0 Å². The summed E-state index contributed by atoms with van der Waals surface area (Å²) in [4.78, 5) is 0. The maximum Gasteiger partial charge on any atom is 0.177 e. The second-order valence-electron chi connectivity index (χ2n) is 8.09. The summed E-state index contributed by atoms with van der Waals surface area (Å²) in [6.07, 6.45) is 0. The highest BCUT2D eigenvalue weighted by atomic mass is 16.5. The molecule has 0 saturated heterocycles. The molecular weight excluding hydrogens is 380 g/mol. The van der Waals surface area contributed by atoms with E-state index in [-0.39, 0.29) is 0 Å². The van der Waals surface area contributed by atoms with E-state index in [9.17, 15) is 0 Å². The molecule has 0 radical (unpaired) electrons. The minimum atomic E-state index is 0.767. The predicted molar refractivity (Wildman–Crippen MR) is 130 cm³/mol. The molecule has 0 atom stereocenters. The third-order valence-corrected chi connectivity index (χ3v) is 6.51. The number of furan rings is 1. The van der Waals surface area contributed by atoms with Crippen molar-refractivity contribution in [2.75, 3.05) is 7.11 Å². The van der Waals surface area contributed by atoms with Crippen molar-refractivity contribution in [2.45, 2.75) is 0 Å². The average Bonchev–Trinajstić information content (AvgIpc) is 3.21. The van der Waals surface area contributed by atoms with Gasteiger partial charge < -0.3 is 9.15 Å². The van der Waals surface area contributed by atoms with Crippen LogP contribution in [0.25, 0.3) is 65.0 Å². The monoisotopic (exact) mass is 398 g/mol. The number of hydrogen-bond acceptors (Lipinski definition) is 2. The van der Waals surface area contributed by atoms with Crippen LogP contribution in [0, 0.1) is 0 Å². The van der Waals surface area contributed by atoms with Crippen molar-refractivity contribution in [1.82, 2.24) is 0 Å². The zero-order chi connectivity index (χ0) is 20.5. The van der Waals surface area contributed by atoms with E-state index in [2.05, 4.69) is 91.0 Å². The lowest BCUT2D eigenvalue weighted by Gasteiger charge is -2.10. The van der Waals surface area contributed by atoms with Gasteiger partial charge in [0.25, 0.3) is 0 Å². The molecule has 0 amide bonds. The molecule has 0 N–H and O–H groups in total. The van der Waals surface area contributed by atoms with Crippen LogP contribution in [0.1, 0.15) is 0 Å². The van der Waals surface area contributed by atoms with Crippen molar-refractivity contribution in [1.29, 1.82) is 0 Å². The molecule has 0 aliphatic rings. The number of ether oxygens (including phenoxy) is 1. The van der Waals surface area contributed by atoms with Crippen LogP contribution in [0.15, 0.2) is 95.4 Å². The molecule has 0 aliphatic carbocycles. The fraction of sp³-hybridized carbons (Fsp3) is 0.0345. The zero-order valence-electron chi connectivity index (χ0n) is 17.0. The SMILES string of the molecule is COc1cc2ccccc2c2c1oc1cc3c4ccccc4c4ccccc4c3cc12. The summed E-state index contributed by atoms with van der Waals surface area (Å²) in [5.41, 5.74) is 1.69. The topological polar surface area (TPSA) is 22.4 Å². The molecule has 2 heteroatoms. The minimum Gasteiger partial charge on any atom is -0.493 e. The van der Waals surface area contributed by atoms with Gasteiger partial charge in [-0.3, -0.25) is 0 Å². The van der Waals surface area contributed by atoms with Crippen LogP contribution in [-0.4, -0.2) is 7.11 Å². The largest absolute Gasteiger partial charge is 0.493 e. The third kappa shape index (κ3) is 2.17. The Balaban J connectivity index is 1.79. The maximum absolute atomic E-state index is 6.43. The molecular formula is C29H18O2. The first-order chi connectivity index (χ1) is 15.3. The Labute approximate surface area is 178 Å². The number of fused-ring (bicyclic) bond motifs is 11. The lowest BCUT2D eigenvalue weighted by atomic mass is 9.93. The normalized spacial score (nSPS) is 12.0. The highest BCUT2D eigenvalue weighted by Gasteiger charge is 2.18. The van der Waals surface area contributed by atoms with Gasteiger partial charge >= 0.3 is 0 Å². The maximum atomic E-state index is 6.43. The predicted octanol–water partition coefficient (Wildman–Crippen LogP) is 8.21. The second kappa shape index (κ2) is 5.99. The Hall–Kier alpha value is -4.04. The van der Waals surface area contributed by atoms with Crippen molar-refractivity contribution >= 4 is 65.0 Å². The average molecular weight is 398 g/mol. The molecule has 146 valence electrons. The van der Waals surface area contributed by atoms with E-state index in [1.165, 1.54) is 37.7 Å². The molecule has 0 saturated carbocycles. The summed E-state index contributed by atoms with van der Waals surface area (Å²) in [7, 11) is 1.70. The number of hydrogen-bond donors (Lipinski definition) is 0. The molecule has 2 nitrogen and oxygen atoms in total. The van der Waals surface area contributed by atoms with Crippen molar-refractivity contribution in [3.05, 3.63) is 91.0 Å². The number of benzene rings is 6. The van der Waals surface area contributed by atoms with E-state index in [0.29, 0.717) is 0 Å². The fourth-order valence-corrected chi connectivity index (χ4v) is 5.14. The fourth-order valence-electron chi connectivity index (χ4n) is 5.14. The van der Waals surface area contributed by atoms with Gasteiger partial charge in [0.1, 0.15) is 5.58 Å². The molecule has 0 spiro atoms. The first-order valence-electron chi connectivity index (χ1n) is 10.5. The molecule has 7 rings (SSSR count). The number of rotatable bonds is 1. The van der Waals surface area contributed by atoms with E-state index in [1.54, 1.807) is 7.11 Å². The zero-order valence-corrected chi connectivity index (χ0v) is 17.0. The summed E-state index contributed by atoms with van der Waals surface area (Å²) >= 11 is 0. The van der Waals surface area contributed by atoms with E-state index in [1.807, 2.05) is 0 Å². The van der Waals surface area contributed by atoms with Gasteiger partial charge in [0.05, 0.1) is 7.11 Å². The highest BCUT2D eigenvalue weighted by Crippen LogP contribution is 2.44. The highest BCUT2D eigenvalue weighted by molar-refractivity contribution is 6.30. The molecule has 0 unspecified atom stereocenters. The molecule has 0 aliphatic heterocycles. The molecule has 1 aromatic heterocycles. The summed E-state index contributed by atoms with van der Waals surface area (Å²) in [6, 6.07) is 32.3. The van der Waals surface area contributed by atoms with Gasteiger partial charge in [-0.15, -0.1) is 0 Å². The van der Waals surface area contributed by atoms with Crippen LogP contribution in [0.2, 0.25) is 0 Å². The Morgan fingerprint density at radius 1 is 0.548 bits per heavy atom. The van der Waals surface area contributed by atoms with Crippen molar-refractivity contribution in [3.8, 4) is 5.75 Å². The molecule has 7 aromatic rings. The van der Waals surface area contributed by atoms with Crippen molar-refractivity contribution < 1.29 is 9.15 Å². The van der Waals surface area contributed by atoms with Crippen LogP contribution in [0.5, 0.6) is 5.75 Å². The summed E-state index contributed by atoms with van der Waals surface area (Å²) in [5, 5.41) is 12.1. The Morgan fingerprint density at radius 3 is 1.74 bits per heavy atom. The lowest BCUT2D eigenvalue weighted by Crippen LogP contribution is -1.85. The smallest absolute Gasteiger partial charge is 0.177 e. The van der Waals surface area contributed by atoms with Crippen molar-refractivity contribution in [2.24, 2.45) is 0 Å². The molecule has 1 heterocycles. The number of methoxy groups -OCH3 is 1. The molecule has 0 fully saturated rings. The van der Waals surface area contributed by atoms with Gasteiger partial charge in [-0.2, -0.15) is 0 Å². The van der Waals surface area contributed by atoms with Crippen LogP contribution < -0.4 is 4.74 Å². The van der Waals surface area contributed by atoms with Gasteiger partial charge in [0, 0.05) is 10.8 Å². The summed E-state index contributed by atoms with van der Waals surface area (Å²) in [6.45, 7) is 0. The molecule has 31 heavy (non-hydrogen) atoms. The minimum absolute atomic E-state index is 0.767. The van der Waals surface area contributed by atoms with Gasteiger partial charge in [-0.05, 0) is 61.3 Å². The first-order valence-corrected chi connectivity index (χ1v) is 10.5. The van der Waals surface area contributed by atoms with E-state index in [0.717, 1.165) is 33.1 Å². The summed E-state index contributed by atoms with van der Waals surface area (Å²) < 4.78 is 12.1. The van der Waals surface area contributed by atoms with E-state index < -0.39 is 0 Å². The second-order valence-corrected chi connectivity index (χ2v) is 8.09. The summed E-state index contributed by atoms with van der Waals surface area (Å²) in [5.74, 6) is 0.767. The quantitative estimate of drug-likeness (QED) is 0.260. The standard InChI is InChI=1S/C29H18O2/c1-30-27-14-17-8-2-3-9-18(17)28-25-15-23-21-12-6-4-10-19(21)20-11-5-7-13-22(20)24(23)16-26(25)31-29(27)28/h2-16H,1H3. The van der Waals surface area contributed by atoms with Gasteiger partial charge in [0.15, 0.2) is 11.3 Å². The lowest BCUT2D eigenvalue weighted by molar-refractivity contribution is 0.412. The Morgan fingerprint density at radius 2 is 1.10 bits per heavy atom. The van der Waals surface area contributed by atoms with Gasteiger partial charge in [-0.25, -0.2) is 0 Å². The van der Waals surface area contributed by atoms with Crippen LogP contribution in [-0.2, 0) is 0 Å². The Bertz CT molecular complexity index is 1820. The molecule has 6 aromatic carbocycles. The van der Waals surface area contributed by atoms with Gasteiger partial charge in [-0.1, -0.05) is 72.8 Å². The molecule has 0 bridgehead atoms. The van der Waals surface area contributed by atoms with Crippen LogP contribution >= 0.6 is 0 Å². The van der Waals surface area contributed by atoms with Crippen molar-refractivity contribution in [3.63, 3.8) is 0 Å². The first kappa shape index (κ1) is 16.7. The van der Waals surface area contributed by atoms with E-state index in [4.69, 9.17) is 9.15 Å².